The molecule has 3 aromatic rings. The van der Waals surface area contributed by atoms with E-state index in [2.05, 4.69) is 76.3 Å². The van der Waals surface area contributed by atoms with Crippen LogP contribution in [-0.2, 0) is 6.54 Å². The number of hydrogen-bond acceptors (Lipinski definition) is 2. The first-order valence-corrected chi connectivity index (χ1v) is 9.47. The molecule has 3 aromatic carbocycles. The summed E-state index contributed by atoms with van der Waals surface area (Å²) in [6.45, 7) is 1.46. The lowest BCUT2D eigenvalue weighted by Gasteiger charge is -2.20. The normalized spacial score (nSPS) is 10.9. The predicted molar refractivity (Wildman–Crippen MR) is 131 cm³/mol. The van der Waals surface area contributed by atoms with Gasteiger partial charge < -0.3 is 15.4 Å². The number of methoxy groups -OCH3 is 1. The van der Waals surface area contributed by atoms with Gasteiger partial charge in [0.25, 0.3) is 0 Å². The van der Waals surface area contributed by atoms with Gasteiger partial charge in [0.1, 0.15) is 5.75 Å². The molecule has 0 unspecified atom stereocenters. The summed E-state index contributed by atoms with van der Waals surface area (Å²) < 4.78 is 5.21. The highest BCUT2D eigenvalue weighted by Crippen LogP contribution is 2.23. The number of hydrogen-bond donors (Lipinski definition) is 2. The van der Waals surface area contributed by atoms with Gasteiger partial charge in [-0.2, -0.15) is 0 Å². The van der Waals surface area contributed by atoms with E-state index in [0.717, 1.165) is 18.3 Å². The van der Waals surface area contributed by atoms with Gasteiger partial charge in [0.15, 0.2) is 5.96 Å². The minimum atomic E-state index is 0. The molecule has 0 aliphatic carbocycles. The van der Waals surface area contributed by atoms with Crippen molar-refractivity contribution in [2.45, 2.75) is 12.5 Å². The van der Waals surface area contributed by atoms with Gasteiger partial charge in [-0.3, -0.25) is 4.99 Å². The van der Waals surface area contributed by atoms with Crippen molar-refractivity contribution in [2.75, 3.05) is 20.7 Å². The highest BCUT2D eigenvalue weighted by atomic mass is 127. The van der Waals surface area contributed by atoms with Crippen LogP contribution in [0.1, 0.15) is 22.6 Å². The summed E-state index contributed by atoms with van der Waals surface area (Å²) in [5.74, 6) is 1.90. The third-order valence-electron chi connectivity index (χ3n) is 4.72. The summed E-state index contributed by atoms with van der Waals surface area (Å²) in [5.41, 5.74) is 3.74. The number of nitrogens with one attached hydrogen (secondary N) is 2. The fraction of sp³-hybridized carbons (Fsp3) is 0.208. The van der Waals surface area contributed by atoms with Crippen molar-refractivity contribution in [1.82, 2.24) is 10.6 Å². The summed E-state index contributed by atoms with van der Waals surface area (Å²) in [6, 6.07) is 29.2. The Kier molecular flexibility index (Phi) is 9.50. The first-order valence-electron chi connectivity index (χ1n) is 9.47. The number of ether oxygens (including phenoxy) is 1. The van der Waals surface area contributed by atoms with Gasteiger partial charge >= 0.3 is 0 Å². The highest BCUT2D eigenvalue weighted by Gasteiger charge is 2.14. The lowest BCUT2D eigenvalue weighted by Crippen LogP contribution is -2.39. The molecule has 0 spiro atoms. The summed E-state index contributed by atoms with van der Waals surface area (Å²) in [6.07, 6.45) is 0. The van der Waals surface area contributed by atoms with Crippen LogP contribution in [-0.4, -0.2) is 26.7 Å². The van der Waals surface area contributed by atoms with Crippen molar-refractivity contribution >= 4 is 29.9 Å². The zero-order valence-electron chi connectivity index (χ0n) is 16.8. The Bertz CT molecular complexity index is 828. The monoisotopic (exact) mass is 501 g/mol. The van der Waals surface area contributed by atoms with E-state index < -0.39 is 0 Å². The van der Waals surface area contributed by atoms with Crippen LogP contribution in [0.2, 0.25) is 0 Å². The first kappa shape index (κ1) is 22.7. The van der Waals surface area contributed by atoms with Crippen LogP contribution in [0, 0.1) is 0 Å². The Morgan fingerprint density at radius 1 is 0.828 bits per heavy atom. The van der Waals surface area contributed by atoms with Gasteiger partial charge in [0.05, 0.1) is 7.11 Å². The van der Waals surface area contributed by atoms with E-state index in [-0.39, 0.29) is 29.9 Å². The van der Waals surface area contributed by atoms with E-state index >= 15 is 0 Å². The molecule has 0 aromatic heterocycles. The summed E-state index contributed by atoms with van der Waals surface area (Å²) >= 11 is 0. The van der Waals surface area contributed by atoms with E-state index in [9.17, 15) is 0 Å². The lowest BCUT2D eigenvalue weighted by atomic mass is 9.91. The standard InChI is InChI=1S/C24H27N3O.HI/c1-25-24(26-17-19-13-15-22(28-2)16-14-19)27-18-23(20-9-5-3-6-10-20)21-11-7-4-8-12-21;/h3-16,23H,17-18H2,1-2H3,(H2,25,26,27);1H. The third-order valence-corrected chi connectivity index (χ3v) is 4.72. The van der Waals surface area contributed by atoms with Crippen molar-refractivity contribution in [3.05, 3.63) is 102 Å². The van der Waals surface area contributed by atoms with Gasteiger partial charge in [-0.15, -0.1) is 24.0 Å². The second-order valence-electron chi connectivity index (χ2n) is 6.53. The molecule has 0 heterocycles. The topological polar surface area (TPSA) is 45.7 Å². The molecule has 0 saturated carbocycles. The fourth-order valence-electron chi connectivity index (χ4n) is 3.15. The quantitative estimate of drug-likeness (QED) is 0.278. The second kappa shape index (κ2) is 12.1. The Morgan fingerprint density at radius 2 is 1.38 bits per heavy atom. The Labute approximate surface area is 190 Å². The van der Waals surface area contributed by atoms with Crippen molar-refractivity contribution < 1.29 is 4.74 Å². The van der Waals surface area contributed by atoms with Crippen molar-refractivity contribution in [2.24, 2.45) is 4.99 Å². The van der Waals surface area contributed by atoms with Crippen LogP contribution in [0.4, 0.5) is 0 Å². The SMILES string of the molecule is CN=C(NCc1ccc(OC)cc1)NCC(c1ccccc1)c1ccccc1.I. The van der Waals surface area contributed by atoms with Crippen molar-refractivity contribution in [3.8, 4) is 5.75 Å². The molecule has 4 nitrogen and oxygen atoms in total. The average Bonchev–Trinajstić information content (AvgIpc) is 2.78. The van der Waals surface area contributed by atoms with Crippen LogP contribution < -0.4 is 15.4 Å². The number of nitrogens with zero attached hydrogens (tertiary/aromatic N) is 1. The van der Waals surface area contributed by atoms with Gasteiger partial charge in [0, 0.05) is 26.1 Å². The zero-order chi connectivity index (χ0) is 19.6. The minimum Gasteiger partial charge on any atom is -0.497 e. The first-order chi connectivity index (χ1) is 13.8. The summed E-state index contributed by atoms with van der Waals surface area (Å²) in [5, 5.41) is 6.85. The minimum absolute atomic E-state index is 0. The van der Waals surface area contributed by atoms with Crippen molar-refractivity contribution in [3.63, 3.8) is 0 Å². The van der Waals surface area contributed by atoms with Crippen LogP contribution in [0.15, 0.2) is 89.9 Å². The molecular formula is C24H28IN3O. The Hall–Kier alpha value is -2.54. The van der Waals surface area contributed by atoms with E-state index in [1.807, 2.05) is 24.3 Å². The fourth-order valence-corrected chi connectivity index (χ4v) is 3.15. The molecule has 5 heteroatoms. The lowest BCUT2D eigenvalue weighted by molar-refractivity contribution is 0.414. The van der Waals surface area contributed by atoms with E-state index in [0.29, 0.717) is 6.54 Å². The average molecular weight is 501 g/mol. The van der Waals surface area contributed by atoms with Gasteiger partial charge in [0.2, 0.25) is 0 Å². The molecule has 3 rings (SSSR count). The largest absolute Gasteiger partial charge is 0.497 e. The molecule has 0 bridgehead atoms. The number of halogens is 1. The number of guanidine groups is 1. The summed E-state index contributed by atoms with van der Waals surface area (Å²) in [7, 11) is 3.47. The van der Waals surface area contributed by atoms with Gasteiger partial charge in [-0.05, 0) is 28.8 Å². The number of aliphatic imine (C=N–C) groups is 1. The third kappa shape index (κ3) is 6.78. The van der Waals surface area contributed by atoms with Gasteiger partial charge in [-0.1, -0.05) is 72.8 Å². The van der Waals surface area contributed by atoms with Crippen LogP contribution in [0.5, 0.6) is 5.75 Å². The molecule has 0 radical (unpaired) electrons. The zero-order valence-corrected chi connectivity index (χ0v) is 19.2. The maximum Gasteiger partial charge on any atom is 0.191 e. The predicted octanol–water partition coefficient (Wildman–Crippen LogP) is 4.81. The van der Waals surface area contributed by atoms with E-state index in [4.69, 9.17) is 4.74 Å². The second-order valence-corrected chi connectivity index (χ2v) is 6.53. The van der Waals surface area contributed by atoms with E-state index in [1.165, 1.54) is 16.7 Å². The van der Waals surface area contributed by atoms with Crippen LogP contribution >= 0.6 is 24.0 Å². The molecule has 0 atom stereocenters. The molecule has 2 N–H and O–H groups in total. The molecule has 0 aliphatic rings. The Morgan fingerprint density at radius 3 is 1.86 bits per heavy atom. The molecule has 29 heavy (non-hydrogen) atoms. The number of rotatable bonds is 7. The highest BCUT2D eigenvalue weighted by molar-refractivity contribution is 14.0. The smallest absolute Gasteiger partial charge is 0.191 e. The van der Waals surface area contributed by atoms with Crippen molar-refractivity contribution in [1.29, 1.82) is 0 Å². The molecule has 0 saturated heterocycles. The maximum absolute atomic E-state index is 5.21. The number of benzene rings is 3. The molecule has 0 fully saturated rings. The molecule has 0 amide bonds. The molecule has 152 valence electrons. The summed E-state index contributed by atoms with van der Waals surface area (Å²) in [4.78, 5) is 4.37. The van der Waals surface area contributed by atoms with Crippen LogP contribution in [0.25, 0.3) is 0 Å². The molecule has 0 aliphatic heterocycles. The maximum atomic E-state index is 5.21. The van der Waals surface area contributed by atoms with Crippen LogP contribution in [0.3, 0.4) is 0 Å². The van der Waals surface area contributed by atoms with E-state index in [1.54, 1.807) is 14.2 Å². The molecular weight excluding hydrogens is 473 g/mol. The van der Waals surface area contributed by atoms with Gasteiger partial charge in [-0.25, -0.2) is 0 Å². The Balaban J connectivity index is 0.00000300.